The normalized spacial score (nSPS) is 14.8. The van der Waals surface area contributed by atoms with Gasteiger partial charge in [-0.2, -0.15) is 18.2 Å². The Labute approximate surface area is 167 Å². The second-order valence-electron chi connectivity index (χ2n) is 6.96. The maximum absolute atomic E-state index is 12.6. The van der Waals surface area contributed by atoms with Crippen LogP contribution >= 0.6 is 0 Å². The van der Waals surface area contributed by atoms with E-state index in [-0.39, 0.29) is 12.3 Å². The topological polar surface area (TPSA) is 61.4 Å². The fourth-order valence-corrected chi connectivity index (χ4v) is 3.22. The number of carbonyl (C=O) groups excluding carboxylic acids is 1. The summed E-state index contributed by atoms with van der Waals surface area (Å²) >= 11 is 0. The number of hydrogen-bond donors (Lipinski definition) is 1. The number of carbonyl (C=O) groups is 1. The summed E-state index contributed by atoms with van der Waals surface area (Å²) in [6, 6.07) is 6.63. The SMILES string of the molecule is CCNc1cc(C)nc(N2CCN(C(=O)Cc3ccc(C(F)(F)F)cc3)CC2)n1. The van der Waals surface area contributed by atoms with Crippen LogP contribution < -0.4 is 10.2 Å². The van der Waals surface area contributed by atoms with Crippen LogP contribution in [0.2, 0.25) is 0 Å². The maximum atomic E-state index is 12.6. The third-order valence-electron chi connectivity index (χ3n) is 4.75. The summed E-state index contributed by atoms with van der Waals surface area (Å²) in [5.74, 6) is 1.31. The van der Waals surface area contributed by atoms with E-state index in [2.05, 4.69) is 15.3 Å². The molecule has 0 bridgehead atoms. The van der Waals surface area contributed by atoms with Crippen LogP contribution in [0.4, 0.5) is 24.9 Å². The van der Waals surface area contributed by atoms with E-state index in [1.54, 1.807) is 4.90 Å². The first kappa shape index (κ1) is 20.9. The summed E-state index contributed by atoms with van der Waals surface area (Å²) in [7, 11) is 0. The number of benzene rings is 1. The molecule has 0 spiro atoms. The zero-order valence-electron chi connectivity index (χ0n) is 16.5. The van der Waals surface area contributed by atoms with Gasteiger partial charge in [0.1, 0.15) is 5.82 Å². The molecule has 29 heavy (non-hydrogen) atoms. The molecule has 1 aliphatic heterocycles. The van der Waals surface area contributed by atoms with Crippen LogP contribution in [0.15, 0.2) is 30.3 Å². The van der Waals surface area contributed by atoms with Crippen molar-refractivity contribution in [3.8, 4) is 0 Å². The van der Waals surface area contributed by atoms with Gasteiger partial charge in [0.25, 0.3) is 0 Å². The monoisotopic (exact) mass is 407 g/mol. The van der Waals surface area contributed by atoms with Crippen molar-refractivity contribution in [1.29, 1.82) is 0 Å². The van der Waals surface area contributed by atoms with Crippen LogP contribution in [0.1, 0.15) is 23.7 Å². The highest BCUT2D eigenvalue weighted by Gasteiger charge is 2.30. The summed E-state index contributed by atoms with van der Waals surface area (Å²) in [6.07, 6.45) is -4.28. The van der Waals surface area contributed by atoms with Gasteiger partial charge in [-0.15, -0.1) is 0 Å². The van der Waals surface area contributed by atoms with E-state index in [9.17, 15) is 18.0 Å². The van der Waals surface area contributed by atoms with Gasteiger partial charge < -0.3 is 15.1 Å². The van der Waals surface area contributed by atoms with Crippen LogP contribution in [0.25, 0.3) is 0 Å². The molecule has 0 radical (unpaired) electrons. The third-order valence-corrected chi connectivity index (χ3v) is 4.75. The fraction of sp³-hybridized carbons (Fsp3) is 0.450. The highest BCUT2D eigenvalue weighted by molar-refractivity contribution is 5.79. The van der Waals surface area contributed by atoms with Crippen LogP contribution in [0.3, 0.4) is 0 Å². The number of piperazine rings is 1. The van der Waals surface area contributed by atoms with E-state index >= 15 is 0 Å². The molecular weight excluding hydrogens is 383 g/mol. The second-order valence-corrected chi connectivity index (χ2v) is 6.96. The van der Waals surface area contributed by atoms with Crippen molar-refractivity contribution in [3.05, 3.63) is 47.2 Å². The van der Waals surface area contributed by atoms with Gasteiger partial charge in [-0.25, -0.2) is 4.98 Å². The van der Waals surface area contributed by atoms with Gasteiger partial charge in [0.15, 0.2) is 0 Å². The lowest BCUT2D eigenvalue weighted by Crippen LogP contribution is -2.49. The van der Waals surface area contributed by atoms with E-state index in [1.165, 1.54) is 12.1 Å². The molecule has 1 saturated heterocycles. The molecule has 0 unspecified atom stereocenters. The van der Waals surface area contributed by atoms with Crippen molar-refractivity contribution in [3.63, 3.8) is 0 Å². The molecule has 2 aromatic rings. The number of halogens is 3. The largest absolute Gasteiger partial charge is 0.416 e. The molecule has 3 rings (SSSR count). The van der Waals surface area contributed by atoms with Crippen molar-refractivity contribution in [2.75, 3.05) is 42.9 Å². The minimum Gasteiger partial charge on any atom is -0.370 e. The van der Waals surface area contributed by atoms with Gasteiger partial charge in [-0.3, -0.25) is 4.79 Å². The zero-order valence-corrected chi connectivity index (χ0v) is 16.5. The highest BCUT2D eigenvalue weighted by atomic mass is 19.4. The molecule has 9 heteroatoms. The predicted molar refractivity (Wildman–Crippen MR) is 105 cm³/mol. The van der Waals surface area contributed by atoms with Crippen molar-refractivity contribution >= 4 is 17.7 Å². The number of aromatic nitrogens is 2. The predicted octanol–water partition coefficient (Wildman–Crippen LogP) is 3.13. The first-order chi connectivity index (χ1) is 13.8. The summed E-state index contributed by atoms with van der Waals surface area (Å²) < 4.78 is 37.9. The molecule has 6 nitrogen and oxygen atoms in total. The van der Waals surface area contributed by atoms with Gasteiger partial charge in [0, 0.05) is 44.5 Å². The Kier molecular flexibility index (Phi) is 6.24. The first-order valence-electron chi connectivity index (χ1n) is 9.54. The van der Waals surface area contributed by atoms with E-state index < -0.39 is 11.7 Å². The first-order valence-corrected chi connectivity index (χ1v) is 9.54. The number of rotatable bonds is 5. The van der Waals surface area contributed by atoms with Gasteiger partial charge in [0.05, 0.1) is 12.0 Å². The van der Waals surface area contributed by atoms with Gasteiger partial charge in [0.2, 0.25) is 11.9 Å². The lowest BCUT2D eigenvalue weighted by atomic mass is 10.1. The third kappa shape index (κ3) is 5.36. The number of anilines is 2. The van der Waals surface area contributed by atoms with E-state index in [1.807, 2.05) is 24.8 Å². The summed E-state index contributed by atoms with van der Waals surface area (Å²) in [6.45, 7) is 6.93. The molecule has 1 N–H and O–H groups in total. The molecule has 1 aromatic carbocycles. The lowest BCUT2D eigenvalue weighted by molar-refractivity contribution is -0.137. The molecule has 156 valence electrons. The molecule has 0 atom stereocenters. The van der Waals surface area contributed by atoms with Crippen LogP contribution in [0.5, 0.6) is 0 Å². The number of nitrogens with zero attached hydrogens (tertiary/aromatic N) is 4. The molecular formula is C20H24F3N5O. The van der Waals surface area contributed by atoms with Crippen molar-refractivity contribution in [2.24, 2.45) is 0 Å². The molecule has 1 amide bonds. The Hall–Kier alpha value is -2.84. The van der Waals surface area contributed by atoms with Crippen LogP contribution in [0, 0.1) is 6.92 Å². The Bertz CT molecular complexity index is 846. The summed E-state index contributed by atoms with van der Waals surface area (Å²) in [5, 5.41) is 3.18. The highest BCUT2D eigenvalue weighted by Crippen LogP contribution is 2.29. The smallest absolute Gasteiger partial charge is 0.370 e. The molecule has 2 heterocycles. The molecule has 0 saturated carbocycles. The standard InChI is InChI=1S/C20H24F3N5O/c1-3-24-17-12-14(2)25-19(26-17)28-10-8-27(9-11-28)18(29)13-15-4-6-16(7-5-15)20(21,22)23/h4-7,12H,3,8-11,13H2,1-2H3,(H,24,25,26). The maximum Gasteiger partial charge on any atom is 0.416 e. The number of nitrogens with one attached hydrogen (secondary N) is 1. The number of alkyl halides is 3. The average molecular weight is 407 g/mol. The van der Waals surface area contributed by atoms with E-state index in [0.717, 1.165) is 30.2 Å². The van der Waals surface area contributed by atoms with E-state index in [0.29, 0.717) is 37.7 Å². The molecule has 0 aliphatic carbocycles. The number of hydrogen-bond acceptors (Lipinski definition) is 5. The number of aryl methyl sites for hydroxylation is 1. The number of amides is 1. The van der Waals surface area contributed by atoms with Gasteiger partial charge in [-0.1, -0.05) is 12.1 Å². The van der Waals surface area contributed by atoms with Crippen LogP contribution in [-0.4, -0.2) is 53.5 Å². The summed E-state index contributed by atoms with van der Waals surface area (Å²) in [4.78, 5) is 25.3. The zero-order chi connectivity index (χ0) is 21.0. The Morgan fingerprint density at radius 1 is 1.10 bits per heavy atom. The molecule has 1 aliphatic rings. The quantitative estimate of drug-likeness (QED) is 0.825. The Balaban J connectivity index is 1.57. The van der Waals surface area contributed by atoms with Crippen LogP contribution in [-0.2, 0) is 17.4 Å². The minimum atomic E-state index is -4.37. The molecule has 1 fully saturated rings. The van der Waals surface area contributed by atoms with Crippen molar-refractivity contribution < 1.29 is 18.0 Å². The molecule has 1 aromatic heterocycles. The minimum absolute atomic E-state index is 0.0870. The fourth-order valence-electron chi connectivity index (χ4n) is 3.22. The Morgan fingerprint density at radius 2 is 1.76 bits per heavy atom. The van der Waals surface area contributed by atoms with Gasteiger partial charge >= 0.3 is 6.18 Å². The van der Waals surface area contributed by atoms with Crippen molar-refractivity contribution in [1.82, 2.24) is 14.9 Å². The summed E-state index contributed by atoms with van der Waals surface area (Å²) in [5.41, 5.74) is 0.729. The average Bonchev–Trinajstić information content (AvgIpc) is 2.67. The van der Waals surface area contributed by atoms with E-state index in [4.69, 9.17) is 0 Å². The Morgan fingerprint density at radius 3 is 2.34 bits per heavy atom. The lowest BCUT2D eigenvalue weighted by Gasteiger charge is -2.35. The second kappa shape index (κ2) is 8.67. The van der Waals surface area contributed by atoms with Crippen molar-refractivity contribution in [2.45, 2.75) is 26.4 Å². The van der Waals surface area contributed by atoms with Gasteiger partial charge in [-0.05, 0) is 31.5 Å².